The average Bonchev–Trinajstić information content (AvgIpc) is 2.84. The molecule has 12 heteroatoms. The number of aromatic nitrogens is 1. The first-order chi connectivity index (χ1) is 16.6. The number of benzene rings is 2. The summed E-state index contributed by atoms with van der Waals surface area (Å²) in [7, 11) is -3.94. The van der Waals surface area contributed by atoms with Crippen molar-refractivity contribution in [1.29, 1.82) is 0 Å². The molecule has 2 aromatic carbocycles. The van der Waals surface area contributed by atoms with Crippen molar-refractivity contribution in [2.75, 3.05) is 36.4 Å². The maximum absolute atomic E-state index is 13.8. The fourth-order valence-corrected chi connectivity index (χ4v) is 5.04. The highest BCUT2D eigenvalue weighted by molar-refractivity contribution is 7.89. The summed E-state index contributed by atoms with van der Waals surface area (Å²) in [6, 6.07) is 12.3. The Hall–Kier alpha value is -3.51. The molecular weight excluding hydrogens is 488 g/mol. The van der Waals surface area contributed by atoms with Gasteiger partial charge in [-0.2, -0.15) is 17.5 Å². The molecule has 0 radical (unpaired) electrons. The second kappa shape index (κ2) is 9.62. The molecule has 1 fully saturated rings. The van der Waals surface area contributed by atoms with Crippen LogP contribution in [-0.4, -0.2) is 49.8 Å². The van der Waals surface area contributed by atoms with Crippen LogP contribution in [-0.2, 0) is 16.2 Å². The molecule has 1 amide bonds. The lowest BCUT2D eigenvalue weighted by Crippen LogP contribution is -2.48. The van der Waals surface area contributed by atoms with Crippen LogP contribution in [0.1, 0.15) is 15.9 Å². The van der Waals surface area contributed by atoms with Crippen molar-refractivity contribution in [3.8, 4) is 0 Å². The number of piperazine rings is 1. The first-order valence-electron chi connectivity index (χ1n) is 10.5. The molecule has 0 unspecified atom stereocenters. The third-order valence-corrected chi connectivity index (χ3v) is 7.42. The van der Waals surface area contributed by atoms with Crippen molar-refractivity contribution >= 4 is 27.4 Å². The van der Waals surface area contributed by atoms with Crippen LogP contribution >= 0.6 is 0 Å². The van der Waals surface area contributed by atoms with E-state index in [0.717, 1.165) is 24.3 Å². The second-order valence-corrected chi connectivity index (χ2v) is 9.69. The fraction of sp³-hybridized carbons (Fsp3) is 0.217. The highest BCUT2D eigenvalue weighted by atomic mass is 32.2. The highest BCUT2D eigenvalue weighted by Gasteiger charge is 2.32. The SMILES string of the molecule is O=C(Nc1ccc(N2CCN(S(=O)(=O)c3ccc(C(F)(F)F)cc3)CC2)nc1)c1ccccc1F. The quantitative estimate of drug-likeness (QED) is 0.527. The summed E-state index contributed by atoms with van der Waals surface area (Å²) in [6.07, 6.45) is -3.13. The normalized spacial score (nSPS) is 15.1. The number of amides is 1. The summed E-state index contributed by atoms with van der Waals surface area (Å²) in [5.41, 5.74) is -0.645. The average molecular weight is 508 g/mol. The number of nitrogens with zero attached hydrogens (tertiary/aromatic N) is 3. The van der Waals surface area contributed by atoms with Crippen LogP contribution in [0.2, 0.25) is 0 Å². The van der Waals surface area contributed by atoms with Gasteiger partial charge in [0.15, 0.2) is 0 Å². The van der Waals surface area contributed by atoms with Crippen molar-refractivity contribution in [3.05, 3.63) is 83.8 Å². The van der Waals surface area contributed by atoms with E-state index in [9.17, 15) is 30.8 Å². The number of nitrogens with one attached hydrogen (secondary N) is 1. The molecule has 1 aliphatic rings. The maximum Gasteiger partial charge on any atom is 0.416 e. The fourth-order valence-electron chi connectivity index (χ4n) is 3.61. The van der Waals surface area contributed by atoms with Gasteiger partial charge in [-0.05, 0) is 48.5 Å². The molecule has 0 bridgehead atoms. The summed E-state index contributed by atoms with van der Waals surface area (Å²) in [5.74, 6) is -0.695. The number of hydrogen-bond acceptors (Lipinski definition) is 5. The van der Waals surface area contributed by atoms with Crippen molar-refractivity contribution in [1.82, 2.24) is 9.29 Å². The first kappa shape index (κ1) is 24.6. The Kier molecular flexibility index (Phi) is 6.77. The van der Waals surface area contributed by atoms with Crippen LogP contribution in [0.15, 0.2) is 71.8 Å². The molecular formula is C23H20F4N4O3S. The molecule has 4 rings (SSSR count). The predicted molar refractivity (Wildman–Crippen MR) is 121 cm³/mol. The zero-order valence-electron chi connectivity index (χ0n) is 18.2. The van der Waals surface area contributed by atoms with Gasteiger partial charge in [0.1, 0.15) is 11.6 Å². The zero-order chi connectivity index (χ0) is 25.2. The number of alkyl halides is 3. The summed E-state index contributed by atoms with van der Waals surface area (Å²) < 4.78 is 78.9. The van der Waals surface area contributed by atoms with Crippen LogP contribution in [0, 0.1) is 5.82 Å². The topological polar surface area (TPSA) is 82.6 Å². The molecule has 1 N–H and O–H groups in total. The van der Waals surface area contributed by atoms with Gasteiger partial charge in [0.05, 0.1) is 27.9 Å². The molecule has 184 valence electrons. The number of rotatable bonds is 5. The Labute approximate surface area is 199 Å². The molecule has 1 aliphatic heterocycles. The summed E-state index contributed by atoms with van der Waals surface area (Å²) in [6.45, 7) is 0.870. The van der Waals surface area contributed by atoms with E-state index in [1.54, 1.807) is 18.2 Å². The van der Waals surface area contributed by atoms with Crippen molar-refractivity contribution < 1.29 is 30.8 Å². The molecule has 1 aromatic heterocycles. The van der Waals surface area contributed by atoms with Gasteiger partial charge in [-0.15, -0.1) is 0 Å². The van der Waals surface area contributed by atoms with Gasteiger partial charge in [0.2, 0.25) is 10.0 Å². The van der Waals surface area contributed by atoms with Crippen LogP contribution < -0.4 is 10.2 Å². The third-order valence-electron chi connectivity index (χ3n) is 5.51. The Morgan fingerprint density at radius 1 is 0.914 bits per heavy atom. The van der Waals surface area contributed by atoms with Gasteiger partial charge in [0, 0.05) is 26.2 Å². The number of carbonyl (C=O) groups excluding carboxylic acids is 1. The largest absolute Gasteiger partial charge is 0.416 e. The third kappa shape index (κ3) is 5.43. The number of hydrogen-bond donors (Lipinski definition) is 1. The van der Waals surface area contributed by atoms with E-state index in [4.69, 9.17) is 0 Å². The zero-order valence-corrected chi connectivity index (χ0v) is 19.0. The summed E-state index contributed by atoms with van der Waals surface area (Å²) >= 11 is 0. The van der Waals surface area contributed by atoms with Crippen molar-refractivity contribution in [2.24, 2.45) is 0 Å². The Bertz CT molecular complexity index is 1310. The van der Waals surface area contributed by atoms with Gasteiger partial charge >= 0.3 is 6.18 Å². The number of halogens is 4. The molecule has 2 heterocycles. The highest BCUT2D eigenvalue weighted by Crippen LogP contribution is 2.30. The van der Waals surface area contributed by atoms with Crippen LogP contribution in [0.3, 0.4) is 0 Å². The van der Waals surface area contributed by atoms with Crippen molar-refractivity contribution in [2.45, 2.75) is 11.1 Å². The van der Waals surface area contributed by atoms with Gasteiger partial charge in [-0.1, -0.05) is 12.1 Å². The van der Waals surface area contributed by atoms with E-state index in [1.807, 2.05) is 4.90 Å². The van der Waals surface area contributed by atoms with Crippen molar-refractivity contribution in [3.63, 3.8) is 0 Å². The molecule has 0 aliphatic carbocycles. The Morgan fingerprint density at radius 2 is 1.57 bits per heavy atom. The monoisotopic (exact) mass is 508 g/mol. The van der Waals surface area contributed by atoms with E-state index in [1.165, 1.54) is 28.7 Å². The van der Waals surface area contributed by atoms with E-state index in [0.29, 0.717) is 24.6 Å². The van der Waals surface area contributed by atoms with Gasteiger partial charge in [-0.3, -0.25) is 4.79 Å². The van der Waals surface area contributed by atoms with E-state index >= 15 is 0 Å². The van der Waals surface area contributed by atoms with Crippen LogP contribution in [0.5, 0.6) is 0 Å². The lowest BCUT2D eigenvalue weighted by Gasteiger charge is -2.34. The minimum atomic E-state index is -4.54. The molecule has 0 spiro atoms. The van der Waals surface area contributed by atoms with E-state index < -0.39 is 33.5 Å². The Morgan fingerprint density at radius 3 is 2.14 bits per heavy atom. The van der Waals surface area contributed by atoms with E-state index in [-0.39, 0.29) is 23.5 Å². The molecule has 3 aromatic rings. The standard InChI is InChI=1S/C23H20F4N4O3S/c24-20-4-2-1-3-19(20)22(32)29-17-7-10-21(28-15-17)30-11-13-31(14-12-30)35(33,34)18-8-5-16(6-9-18)23(25,26)27/h1-10,15H,11-14H2,(H,29,32). The summed E-state index contributed by atoms with van der Waals surface area (Å²) in [5, 5.41) is 2.57. The molecule has 1 saturated heterocycles. The Balaban J connectivity index is 1.37. The smallest absolute Gasteiger partial charge is 0.354 e. The van der Waals surface area contributed by atoms with Crippen LogP contribution in [0.4, 0.5) is 29.1 Å². The molecule has 7 nitrogen and oxygen atoms in total. The molecule has 35 heavy (non-hydrogen) atoms. The van der Waals surface area contributed by atoms with Gasteiger partial charge < -0.3 is 10.2 Å². The van der Waals surface area contributed by atoms with E-state index in [2.05, 4.69) is 10.3 Å². The minimum Gasteiger partial charge on any atom is -0.354 e. The second-order valence-electron chi connectivity index (χ2n) is 7.75. The number of carbonyl (C=O) groups is 1. The van der Waals surface area contributed by atoms with Crippen LogP contribution in [0.25, 0.3) is 0 Å². The number of pyridine rings is 1. The molecule has 0 atom stereocenters. The number of sulfonamides is 1. The van der Waals surface area contributed by atoms with Gasteiger partial charge in [-0.25, -0.2) is 17.8 Å². The number of anilines is 2. The first-order valence-corrected chi connectivity index (χ1v) is 11.9. The predicted octanol–water partition coefficient (Wildman–Crippen LogP) is 4.00. The van der Waals surface area contributed by atoms with Gasteiger partial charge in [0.25, 0.3) is 5.91 Å². The lowest BCUT2D eigenvalue weighted by atomic mass is 10.2. The summed E-state index contributed by atoms with van der Waals surface area (Å²) in [4.78, 5) is 18.2. The maximum atomic E-state index is 13.8. The lowest BCUT2D eigenvalue weighted by molar-refractivity contribution is -0.137. The molecule has 0 saturated carbocycles. The minimum absolute atomic E-state index is 0.0954.